The van der Waals surface area contributed by atoms with E-state index in [0.29, 0.717) is 0 Å². The van der Waals surface area contributed by atoms with E-state index in [0.717, 1.165) is 0 Å². The van der Waals surface area contributed by atoms with Crippen molar-refractivity contribution in [3.8, 4) is 12.3 Å². The van der Waals surface area contributed by atoms with Crippen molar-refractivity contribution in [2.75, 3.05) is 7.05 Å². The SMILES string of the molecule is C#CC(C)(C)N(C)C(C)(C)C.Cl. The molecule has 0 unspecified atom stereocenters. The average molecular weight is 190 g/mol. The molecular weight excluding hydrogens is 170 g/mol. The van der Waals surface area contributed by atoms with Crippen LogP contribution in [0.5, 0.6) is 0 Å². The molecule has 0 aliphatic rings. The lowest BCUT2D eigenvalue weighted by molar-refractivity contribution is 0.0954. The predicted molar refractivity (Wildman–Crippen MR) is 57.7 cm³/mol. The first-order valence-electron chi connectivity index (χ1n) is 3.93. The summed E-state index contributed by atoms with van der Waals surface area (Å²) >= 11 is 0. The molecule has 0 rings (SSSR count). The van der Waals surface area contributed by atoms with Crippen molar-refractivity contribution in [1.29, 1.82) is 0 Å². The van der Waals surface area contributed by atoms with Crippen molar-refractivity contribution < 1.29 is 0 Å². The standard InChI is InChI=1S/C10H19N.ClH/c1-8-10(5,6)11(7)9(2,3)4;/h1H,2-7H3;1H. The van der Waals surface area contributed by atoms with E-state index in [1.54, 1.807) is 0 Å². The third-order valence-corrected chi connectivity index (χ3v) is 2.20. The number of hydrogen-bond acceptors (Lipinski definition) is 1. The smallest absolute Gasteiger partial charge is 0.0767 e. The Morgan fingerprint density at radius 1 is 1.08 bits per heavy atom. The molecule has 0 aromatic heterocycles. The second-order valence-electron chi connectivity index (χ2n) is 4.43. The highest BCUT2D eigenvalue weighted by Crippen LogP contribution is 2.21. The van der Waals surface area contributed by atoms with Crippen molar-refractivity contribution in [1.82, 2.24) is 4.90 Å². The van der Waals surface area contributed by atoms with Crippen LogP contribution in [0.1, 0.15) is 34.6 Å². The van der Waals surface area contributed by atoms with E-state index < -0.39 is 0 Å². The van der Waals surface area contributed by atoms with Crippen molar-refractivity contribution in [2.24, 2.45) is 0 Å². The van der Waals surface area contributed by atoms with Crippen molar-refractivity contribution in [3.63, 3.8) is 0 Å². The molecule has 0 saturated heterocycles. The highest BCUT2D eigenvalue weighted by molar-refractivity contribution is 5.85. The van der Waals surface area contributed by atoms with Crippen LogP contribution in [-0.4, -0.2) is 23.0 Å². The van der Waals surface area contributed by atoms with Gasteiger partial charge in [0.25, 0.3) is 0 Å². The van der Waals surface area contributed by atoms with E-state index in [1.165, 1.54) is 0 Å². The Labute approximate surface area is 82.9 Å². The first-order chi connectivity index (χ1) is 4.72. The Kier molecular flexibility index (Phi) is 4.97. The molecule has 0 bridgehead atoms. The molecule has 0 aromatic carbocycles. The summed E-state index contributed by atoms with van der Waals surface area (Å²) in [6, 6.07) is 0. The second-order valence-corrected chi connectivity index (χ2v) is 4.43. The summed E-state index contributed by atoms with van der Waals surface area (Å²) in [5.74, 6) is 2.77. The molecule has 2 heteroatoms. The van der Waals surface area contributed by atoms with Crippen molar-refractivity contribution in [2.45, 2.75) is 45.7 Å². The summed E-state index contributed by atoms with van der Waals surface area (Å²) in [7, 11) is 2.06. The maximum absolute atomic E-state index is 5.41. The number of hydrogen-bond donors (Lipinski definition) is 0. The van der Waals surface area contributed by atoms with Crippen LogP contribution in [0.3, 0.4) is 0 Å². The van der Waals surface area contributed by atoms with Gasteiger partial charge in [-0.2, -0.15) is 0 Å². The van der Waals surface area contributed by atoms with Crippen molar-refractivity contribution in [3.05, 3.63) is 0 Å². The number of halogens is 1. The first kappa shape index (κ1) is 14.3. The van der Waals surface area contributed by atoms with E-state index in [2.05, 4.69) is 52.5 Å². The van der Waals surface area contributed by atoms with Crippen LogP contribution in [0.4, 0.5) is 0 Å². The molecule has 0 aliphatic heterocycles. The van der Waals surface area contributed by atoms with Crippen LogP contribution >= 0.6 is 12.4 Å². The van der Waals surface area contributed by atoms with Gasteiger partial charge in [-0.05, 0) is 41.7 Å². The van der Waals surface area contributed by atoms with Gasteiger partial charge >= 0.3 is 0 Å². The first-order valence-corrected chi connectivity index (χ1v) is 3.93. The third-order valence-electron chi connectivity index (χ3n) is 2.20. The summed E-state index contributed by atoms with van der Waals surface area (Å²) in [6.45, 7) is 10.6. The molecule has 0 spiro atoms. The number of rotatable bonds is 1. The van der Waals surface area contributed by atoms with Gasteiger partial charge in [-0.15, -0.1) is 18.8 Å². The van der Waals surface area contributed by atoms with Crippen LogP contribution in [0.15, 0.2) is 0 Å². The molecule has 72 valence electrons. The van der Waals surface area contributed by atoms with Gasteiger partial charge in [0.05, 0.1) is 5.54 Å². The average Bonchev–Trinajstić information content (AvgIpc) is 1.84. The number of terminal acetylenes is 1. The van der Waals surface area contributed by atoms with Crippen LogP contribution in [0, 0.1) is 12.3 Å². The fourth-order valence-electron chi connectivity index (χ4n) is 0.935. The molecule has 0 N–H and O–H groups in total. The van der Waals surface area contributed by atoms with Gasteiger partial charge < -0.3 is 0 Å². The molecular formula is C10H20ClN. The largest absolute Gasteiger partial charge is 0.286 e. The molecule has 0 fully saturated rings. The fourth-order valence-corrected chi connectivity index (χ4v) is 0.935. The molecule has 0 aromatic rings. The Morgan fingerprint density at radius 2 is 1.42 bits per heavy atom. The van der Waals surface area contributed by atoms with Crippen LogP contribution in [0.25, 0.3) is 0 Å². The molecule has 12 heavy (non-hydrogen) atoms. The van der Waals surface area contributed by atoms with E-state index in [9.17, 15) is 0 Å². The minimum atomic E-state index is -0.155. The molecule has 0 saturated carbocycles. The maximum atomic E-state index is 5.41. The maximum Gasteiger partial charge on any atom is 0.0767 e. The zero-order valence-corrected chi connectivity index (χ0v) is 9.75. The lowest BCUT2D eigenvalue weighted by Crippen LogP contribution is -2.50. The van der Waals surface area contributed by atoms with E-state index >= 15 is 0 Å². The summed E-state index contributed by atoms with van der Waals surface area (Å²) in [5, 5.41) is 0. The Bertz CT molecular complexity index is 171. The van der Waals surface area contributed by atoms with Gasteiger partial charge in [-0.3, -0.25) is 4.90 Å². The van der Waals surface area contributed by atoms with E-state index in [1.807, 2.05) is 0 Å². The molecule has 0 aliphatic carbocycles. The number of nitrogens with zero attached hydrogens (tertiary/aromatic N) is 1. The fraction of sp³-hybridized carbons (Fsp3) is 0.800. The summed E-state index contributed by atoms with van der Waals surface area (Å²) in [4.78, 5) is 2.19. The predicted octanol–water partition coefficient (Wildman–Crippen LogP) is 2.55. The third kappa shape index (κ3) is 3.47. The quantitative estimate of drug-likeness (QED) is 0.574. The topological polar surface area (TPSA) is 3.24 Å². The zero-order chi connectivity index (χ0) is 9.28. The van der Waals surface area contributed by atoms with E-state index in [4.69, 9.17) is 6.42 Å². The molecule has 1 nitrogen and oxygen atoms in total. The highest BCUT2D eigenvalue weighted by atomic mass is 35.5. The minimum absolute atomic E-state index is 0. The highest BCUT2D eigenvalue weighted by Gasteiger charge is 2.29. The van der Waals surface area contributed by atoms with Crippen molar-refractivity contribution >= 4 is 12.4 Å². The van der Waals surface area contributed by atoms with Gasteiger partial charge in [0.2, 0.25) is 0 Å². The molecule has 0 heterocycles. The summed E-state index contributed by atoms with van der Waals surface area (Å²) in [5.41, 5.74) is -0.0197. The normalized spacial score (nSPS) is 12.2. The Morgan fingerprint density at radius 3 is 1.50 bits per heavy atom. The van der Waals surface area contributed by atoms with Gasteiger partial charge in [-0.1, -0.05) is 5.92 Å². The second kappa shape index (κ2) is 4.16. The van der Waals surface area contributed by atoms with Crippen LogP contribution in [0.2, 0.25) is 0 Å². The Balaban J connectivity index is 0. The lowest BCUT2D eigenvalue weighted by Gasteiger charge is -2.41. The van der Waals surface area contributed by atoms with Gasteiger partial charge in [-0.25, -0.2) is 0 Å². The molecule has 0 atom stereocenters. The van der Waals surface area contributed by atoms with Crippen LogP contribution in [-0.2, 0) is 0 Å². The van der Waals surface area contributed by atoms with Gasteiger partial charge in [0.15, 0.2) is 0 Å². The summed E-state index contributed by atoms with van der Waals surface area (Å²) < 4.78 is 0. The van der Waals surface area contributed by atoms with E-state index in [-0.39, 0.29) is 23.5 Å². The monoisotopic (exact) mass is 189 g/mol. The van der Waals surface area contributed by atoms with Gasteiger partial charge in [0, 0.05) is 5.54 Å². The zero-order valence-electron chi connectivity index (χ0n) is 8.93. The van der Waals surface area contributed by atoms with Crippen LogP contribution < -0.4 is 0 Å². The molecule has 0 amide bonds. The molecule has 0 radical (unpaired) electrons. The Hall–Kier alpha value is -0.190. The van der Waals surface area contributed by atoms with Gasteiger partial charge in [0.1, 0.15) is 0 Å². The summed E-state index contributed by atoms with van der Waals surface area (Å²) in [6.07, 6.45) is 5.41. The minimum Gasteiger partial charge on any atom is -0.286 e. The lowest BCUT2D eigenvalue weighted by atomic mass is 9.96.